The predicted octanol–water partition coefficient (Wildman–Crippen LogP) is 4.45. The number of carbonyl (C=O) groups is 3. The van der Waals surface area contributed by atoms with Gasteiger partial charge in [0.05, 0.1) is 11.8 Å². The number of rotatable bonds is 6. The maximum Gasteiger partial charge on any atom is 0.407 e. The van der Waals surface area contributed by atoms with Crippen molar-refractivity contribution in [3.8, 4) is 11.1 Å². The zero-order chi connectivity index (χ0) is 24.4. The lowest BCUT2D eigenvalue weighted by Crippen LogP contribution is -2.50. The number of hydrogen-bond donors (Lipinski definition) is 3. The molecule has 2 aromatic rings. The molecule has 5 rings (SSSR count). The van der Waals surface area contributed by atoms with Crippen molar-refractivity contribution in [1.82, 2.24) is 10.6 Å². The number of nitrogens with one attached hydrogen (secondary N) is 2. The van der Waals surface area contributed by atoms with Gasteiger partial charge in [0.1, 0.15) is 6.61 Å². The van der Waals surface area contributed by atoms with Gasteiger partial charge in [-0.05, 0) is 47.9 Å². The van der Waals surface area contributed by atoms with Crippen molar-refractivity contribution in [3.63, 3.8) is 0 Å². The monoisotopic (exact) mass is 476 g/mol. The number of fused-ring (bicyclic) bond motifs is 3. The number of ether oxygens (including phenoxy) is 1. The highest BCUT2D eigenvalue weighted by atomic mass is 16.5. The summed E-state index contributed by atoms with van der Waals surface area (Å²) < 4.78 is 5.67. The molecule has 0 radical (unpaired) electrons. The van der Waals surface area contributed by atoms with Crippen molar-refractivity contribution >= 4 is 18.0 Å². The largest absolute Gasteiger partial charge is 0.481 e. The molecular weight excluding hydrogens is 444 g/mol. The second kappa shape index (κ2) is 10.1. The third-order valence-electron chi connectivity index (χ3n) is 7.91. The Hall–Kier alpha value is -3.35. The highest BCUT2D eigenvalue weighted by Crippen LogP contribution is 2.44. The third-order valence-corrected chi connectivity index (χ3v) is 7.91. The minimum absolute atomic E-state index is 0.0184. The molecule has 2 unspecified atom stereocenters. The van der Waals surface area contributed by atoms with Crippen LogP contribution in [0.3, 0.4) is 0 Å². The smallest absolute Gasteiger partial charge is 0.407 e. The summed E-state index contributed by atoms with van der Waals surface area (Å²) in [7, 11) is 0. The first-order valence-electron chi connectivity index (χ1n) is 12.7. The molecule has 0 aromatic heterocycles. The Morgan fingerprint density at radius 3 is 2.03 bits per heavy atom. The Bertz CT molecular complexity index is 1070. The number of carboxylic acid groups (broad SMARTS) is 1. The van der Waals surface area contributed by atoms with Crippen LogP contribution in [0.15, 0.2) is 48.5 Å². The maximum atomic E-state index is 13.0. The highest BCUT2D eigenvalue weighted by Gasteiger charge is 2.38. The highest BCUT2D eigenvalue weighted by molar-refractivity contribution is 5.82. The summed E-state index contributed by atoms with van der Waals surface area (Å²) in [4.78, 5) is 37.3. The van der Waals surface area contributed by atoms with Gasteiger partial charge in [0.2, 0.25) is 5.91 Å². The fourth-order valence-electron chi connectivity index (χ4n) is 6.13. The molecule has 0 bridgehead atoms. The van der Waals surface area contributed by atoms with E-state index in [9.17, 15) is 19.5 Å². The van der Waals surface area contributed by atoms with E-state index in [1.54, 1.807) is 0 Å². The minimum Gasteiger partial charge on any atom is -0.481 e. The summed E-state index contributed by atoms with van der Waals surface area (Å²) in [6.45, 7) is 0.228. The quantitative estimate of drug-likeness (QED) is 0.571. The van der Waals surface area contributed by atoms with E-state index in [0.29, 0.717) is 25.7 Å². The zero-order valence-electron chi connectivity index (χ0n) is 19.7. The maximum absolute atomic E-state index is 13.0. The Kier molecular flexibility index (Phi) is 6.75. The van der Waals surface area contributed by atoms with Crippen LogP contribution in [0.4, 0.5) is 4.79 Å². The van der Waals surface area contributed by atoms with Crippen LogP contribution in [0.1, 0.15) is 62.0 Å². The average Bonchev–Trinajstić information content (AvgIpc) is 3.45. The van der Waals surface area contributed by atoms with Crippen molar-refractivity contribution in [2.45, 2.75) is 62.9 Å². The molecule has 7 heteroatoms. The summed E-state index contributed by atoms with van der Waals surface area (Å²) in [6.07, 6.45) is 4.75. The van der Waals surface area contributed by atoms with E-state index in [1.807, 2.05) is 24.3 Å². The van der Waals surface area contributed by atoms with Crippen LogP contribution in [0.2, 0.25) is 0 Å². The van der Waals surface area contributed by atoms with Crippen LogP contribution in [-0.2, 0) is 14.3 Å². The number of carbonyl (C=O) groups excluding carboxylic acids is 2. The summed E-state index contributed by atoms with van der Waals surface area (Å²) in [6, 6.07) is 15.7. The van der Waals surface area contributed by atoms with Crippen molar-refractivity contribution in [2.24, 2.45) is 11.8 Å². The molecule has 2 fully saturated rings. The van der Waals surface area contributed by atoms with Crippen molar-refractivity contribution in [3.05, 3.63) is 59.7 Å². The molecule has 3 aliphatic rings. The molecule has 4 atom stereocenters. The molecule has 3 N–H and O–H groups in total. The van der Waals surface area contributed by atoms with Gasteiger partial charge in [-0.3, -0.25) is 9.59 Å². The fourth-order valence-corrected chi connectivity index (χ4v) is 6.13. The van der Waals surface area contributed by atoms with Gasteiger partial charge in [-0.25, -0.2) is 4.79 Å². The van der Waals surface area contributed by atoms with Gasteiger partial charge in [-0.1, -0.05) is 67.8 Å². The number of hydrogen-bond acceptors (Lipinski definition) is 4. The van der Waals surface area contributed by atoms with Crippen molar-refractivity contribution in [2.75, 3.05) is 6.61 Å². The molecule has 2 aromatic carbocycles. The van der Waals surface area contributed by atoms with Gasteiger partial charge < -0.3 is 20.5 Å². The molecule has 35 heavy (non-hydrogen) atoms. The standard InChI is InChI=1S/C28H32N2O5/c31-26(29-25-14-6-5-12-22(25)27(32)33)21-13-7-15-24(21)30-28(34)35-16-23-19-10-3-1-8-17(19)18-9-2-4-11-20(18)23/h1-4,8-11,21-25H,5-7,12-16H2,(H,29,31)(H,30,34)(H,32,33)/t21?,22-,24?,25+/m0/s1. The first-order chi connectivity index (χ1) is 17.0. The van der Waals surface area contributed by atoms with Gasteiger partial charge in [0, 0.05) is 18.0 Å². The Morgan fingerprint density at radius 2 is 1.34 bits per heavy atom. The van der Waals surface area contributed by atoms with Crippen LogP contribution in [-0.4, -0.2) is 41.8 Å². The first kappa shape index (κ1) is 23.4. The van der Waals surface area contributed by atoms with Gasteiger partial charge in [-0.15, -0.1) is 0 Å². The van der Waals surface area contributed by atoms with Crippen LogP contribution in [0.5, 0.6) is 0 Å². The summed E-state index contributed by atoms with van der Waals surface area (Å²) in [5.74, 6) is -1.94. The number of carboxylic acids is 1. The van der Waals surface area contributed by atoms with Crippen LogP contribution in [0.25, 0.3) is 11.1 Å². The van der Waals surface area contributed by atoms with Crippen molar-refractivity contribution in [1.29, 1.82) is 0 Å². The van der Waals surface area contributed by atoms with Crippen molar-refractivity contribution < 1.29 is 24.2 Å². The lowest BCUT2D eigenvalue weighted by molar-refractivity contribution is -0.144. The fraction of sp³-hybridized carbons (Fsp3) is 0.464. The van der Waals surface area contributed by atoms with E-state index in [2.05, 4.69) is 34.9 Å². The predicted molar refractivity (Wildman–Crippen MR) is 131 cm³/mol. The molecule has 0 saturated heterocycles. The lowest BCUT2D eigenvalue weighted by Gasteiger charge is -2.31. The van der Waals surface area contributed by atoms with Gasteiger partial charge >= 0.3 is 12.1 Å². The second-order valence-electron chi connectivity index (χ2n) is 9.96. The molecule has 3 aliphatic carbocycles. The molecule has 184 valence electrons. The number of aliphatic carboxylic acids is 1. The van der Waals surface area contributed by atoms with Gasteiger partial charge in [0.15, 0.2) is 0 Å². The number of alkyl carbamates (subject to hydrolysis) is 1. The molecule has 0 spiro atoms. The van der Waals surface area contributed by atoms with E-state index >= 15 is 0 Å². The van der Waals surface area contributed by atoms with Crippen LogP contribution >= 0.6 is 0 Å². The number of benzene rings is 2. The first-order valence-corrected chi connectivity index (χ1v) is 12.7. The Morgan fingerprint density at radius 1 is 0.771 bits per heavy atom. The van der Waals surface area contributed by atoms with E-state index in [1.165, 1.54) is 11.1 Å². The van der Waals surface area contributed by atoms with Crippen LogP contribution in [0, 0.1) is 11.8 Å². The molecule has 0 heterocycles. The average molecular weight is 477 g/mol. The second-order valence-corrected chi connectivity index (χ2v) is 9.96. The summed E-state index contributed by atoms with van der Waals surface area (Å²) >= 11 is 0. The minimum atomic E-state index is -0.852. The van der Waals surface area contributed by atoms with E-state index in [4.69, 9.17) is 4.74 Å². The number of amides is 2. The molecule has 2 amide bonds. The Balaban J connectivity index is 1.19. The third kappa shape index (κ3) is 4.77. The molecule has 2 saturated carbocycles. The van der Waals surface area contributed by atoms with E-state index < -0.39 is 18.0 Å². The molecular formula is C28H32N2O5. The SMILES string of the molecule is O=C(NC1CCCC1C(=O)N[C@@H]1CCCC[C@@H]1C(=O)O)OCC1c2ccccc2-c2ccccc21. The van der Waals surface area contributed by atoms with Gasteiger partial charge in [-0.2, -0.15) is 0 Å². The zero-order valence-corrected chi connectivity index (χ0v) is 19.7. The summed E-state index contributed by atoms with van der Waals surface area (Å²) in [5.41, 5.74) is 4.65. The van der Waals surface area contributed by atoms with E-state index in [-0.39, 0.29) is 36.4 Å². The normalized spacial score (nSPS) is 25.4. The molecule has 7 nitrogen and oxygen atoms in total. The lowest BCUT2D eigenvalue weighted by atomic mass is 9.84. The molecule has 0 aliphatic heterocycles. The van der Waals surface area contributed by atoms with E-state index in [0.717, 1.165) is 30.4 Å². The summed E-state index contributed by atoms with van der Waals surface area (Å²) in [5, 5.41) is 15.4. The van der Waals surface area contributed by atoms with Gasteiger partial charge in [0.25, 0.3) is 0 Å². The Labute approximate surface area is 205 Å². The topological polar surface area (TPSA) is 105 Å². The van der Waals surface area contributed by atoms with Crippen LogP contribution < -0.4 is 10.6 Å².